The molecule has 1 aromatic rings. The predicted molar refractivity (Wildman–Crippen MR) is 95.2 cm³/mol. The topological polar surface area (TPSA) is 46.6 Å². The summed E-state index contributed by atoms with van der Waals surface area (Å²) in [5, 5.41) is 0.544. The van der Waals surface area contributed by atoms with E-state index in [1.54, 1.807) is 31.2 Å². The third-order valence-electron chi connectivity index (χ3n) is 4.66. The first-order valence-electron chi connectivity index (χ1n) is 8.75. The fourth-order valence-electron chi connectivity index (χ4n) is 3.41. The third kappa shape index (κ3) is 4.97. The van der Waals surface area contributed by atoms with E-state index >= 15 is 0 Å². The molecule has 2 rings (SSSR count). The van der Waals surface area contributed by atoms with Gasteiger partial charge in [-0.25, -0.2) is 0 Å². The van der Waals surface area contributed by atoms with E-state index in [2.05, 4.69) is 6.92 Å². The van der Waals surface area contributed by atoms with Crippen LogP contribution in [0.25, 0.3) is 0 Å². The Labute approximate surface area is 149 Å². The van der Waals surface area contributed by atoms with Crippen molar-refractivity contribution in [1.82, 2.24) is 4.90 Å². The molecule has 0 N–H and O–H groups in total. The second-order valence-electron chi connectivity index (χ2n) is 6.39. The summed E-state index contributed by atoms with van der Waals surface area (Å²) >= 11 is 6.03. The van der Waals surface area contributed by atoms with Crippen LogP contribution in [0.5, 0.6) is 0 Å². The highest BCUT2D eigenvalue weighted by Crippen LogP contribution is 2.29. The van der Waals surface area contributed by atoms with Crippen molar-refractivity contribution < 1.29 is 14.3 Å². The molecule has 1 saturated carbocycles. The largest absolute Gasteiger partial charge is 0.466 e. The summed E-state index contributed by atoms with van der Waals surface area (Å²) in [6.07, 6.45) is 4.64. The van der Waals surface area contributed by atoms with Crippen LogP contribution in [0.15, 0.2) is 24.3 Å². The van der Waals surface area contributed by atoms with Gasteiger partial charge in [-0.15, -0.1) is 0 Å². The first-order chi connectivity index (χ1) is 11.5. The third-order valence-corrected chi connectivity index (χ3v) is 4.90. The van der Waals surface area contributed by atoms with E-state index in [1.807, 2.05) is 4.90 Å². The van der Waals surface area contributed by atoms with E-state index in [0.717, 1.165) is 19.3 Å². The standard InChI is InChI=1S/C19H26ClNO3/c1-3-24-18(22)11-12-21(17-10-5-4-7-14(17)2)19(23)15-8-6-9-16(20)13-15/h6,8-9,13-14,17H,3-5,7,10-12H2,1-2H3. The molecule has 0 radical (unpaired) electrons. The van der Waals surface area contributed by atoms with Crippen molar-refractivity contribution in [3.8, 4) is 0 Å². The smallest absolute Gasteiger partial charge is 0.307 e. The molecule has 0 bridgehead atoms. The Morgan fingerprint density at radius 1 is 1.29 bits per heavy atom. The summed E-state index contributed by atoms with van der Waals surface area (Å²) in [5.74, 6) is 0.120. The minimum Gasteiger partial charge on any atom is -0.466 e. The van der Waals surface area contributed by atoms with Crippen LogP contribution in [0.2, 0.25) is 5.02 Å². The molecule has 1 aromatic carbocycles. The van der Waals surface area contributed by atoms with E-state index in [0.29, 0.717) is 29.7 Å². The minimum atomic E-state index is -0.259. The van der Waals surface area contributed by atoms with Gasteiger partial charge in [0.25, 0.3) is 5.91 Å². The maximum absolute atomic E-state index is 13.0. The lowest BCUT2D eigenvalue weighted by molar-refractivity contribution is -0.143. The van der Waals surface area contributed by atoms with Gasteiger partial charge < -0.3 is 9.64 Å². The van der Waals surface area contributed by atoms with Crippen molar-refractivity contribution in [1.29, 1.82) is 0 Å². The lowest BCUT2D eigenvalue weighted by Gasteiger charge is -2.38. The van der Waals surface area contributed by atoms with Crippen molar-refractivity contribution in [3.05, 3.63) is 34.9 Å². The molecule has 1 fully saturated rings. The zero-order valence-electron chi connectivity index (χ0n) is 14.5. The molecule has 0 aliphatic heterocycles. The molecule has 2 unspecified atom stereocenters. The van der Waals surface area contributed by atoms with E-state index < -0.39 is 0 Å². The molecule has 1 aliphatic rings. The number of carbonyl (C=O) groups is 2. The molecule has 0 spiro atoms. The Bertz CT molecular complexity index is 575. The summed E-state index contributed by atoms with van der Waals surface area (Å²) in [7, 11) is 0. The fourth-order valence-corrected chi connectivity index (χ4v) is 3.60. The number of rotatable bonds is 6. The summed E-state index contributed by atoms with van der Waals surface area (Å²) < 4.78 is 5.01. The maximum Gasteiger partial charge on any atom is 0.307 e. The van der Waals surface area contributed by atoms with Crippen LogP contribution in [-0.4, -0.2) is 36.0 Å². The van der Waals surface area contributed by atoms with Gasteiger partial charge in [-0.1, -0.05) is 37.4 Å². The second kappa shape index (κ2) is 9.07. The minimum absolute atomic E-state index is 0.0550. The molecule has 4 nitrogen and oxygen atoms in total. The Morgan fingerprint density at radius 2 is 2.04 bits per heavy atom. The number of hydrogen-bond donors (Lipinski definition) is 0. The van der Waals surface area contributed by atoms with E-state index in [9.17, 15) is 9.59 Å². The SMILES string of the molecule is CCOC(=O)CCN(C(=O)c1cccc(Cl)c1)C1CCCCC1C. The van der Waals surface area contributed by atoms with Crippen LogP contribution in [-0.2, 0) is 9.53 Å². The van der Waals surface area contributed by atoms with Crippen LogP contribution in [0.4, 0.5) is 0 Å². The highest BCUT2D eigenvalue weighted by Gasteiger charge is 2.31. The van der Waals surface area contributed by atoms with Gasteiger partial charge in [-0.05, 0) is 43.9 Å². The number of ether oxygens (including phenoxy) is 1. The number of carbonyl (C=O) groups excluding carboxylic acids is 2. The normalized spacial score (nSPS) is 20.5. The molecule has 2 atom stereocenters. The van der Waals surface area contributed by atoms with Crippen LogP contribution >= 0.6 is 11.6 Å². The van der Waals surface area contributed by atoms with Crippen molar-refractivity contribution in [3.63, 3.8) is 0 Å². The highest BCUT2D eigenvalue weighted by molar-refractivity contribution is 6.30. The highest BCUT2D eigenvalue weighted by atomic mass is 35.5. The van der Waals surface area contributed by atoms with Gasteiger partial charge in [0.1, 0.15) is 0 Å². The fraction of sp³-hybridized carbons (Fsp3) is 0.579. The molecular formula is C19H26ClNO3. The van der Waals surface area contributed by atoms with Crippen LogP contribution < -0.4 is 0 Å². The summed E-state index contributed by atoms with van der Waals surface area (Å²) in [5.41, 5.74) is 0.573. The molecule has 0 saturated heterocycles. The average Bonchev–Trinajstić information content (AvgIpc) is 2.56. The monoisotopic (exact) mass is 351 g/mol. The quantitative estimate of drug-likeness (QED) is 0.717. The summed E-state index contributed by atoms with van der Waals surface area (Å²) in [6.45, 7) is 4.72. The van der Waals surface area contributed by atoms with E-state index in [1.165, 1.54) is 6.42 Å². The number of benzene rings is 1. The Hall–Kier alpha value is -1.55. The molecule has 0 heterocycles. The molecule has 1 amide bonds. The number of amides is 1. The molecule has 24 heavy (non-hydrogen) atoms. The molecule has 1 aliphatic carbocycles. The van der Waals surface area contributed by atoms with Crippen LogP contribution in [0, 0.1) is 5.92 Å². The van der Waals surface area contributed by atoms with E-state index in [-0.39, 0.29) is 24.3 Å². The molecular weight excluding hydrogens is 326 g/mol. The van der Waals surface area contributed by atoms with Gasteiger partial charge in [-0.3, -0.25) is 9.59 Å². The van der Waals surface area contributed by atoms with Gasteiger partial charge in [0, 0.05) is 23.2 Å². The van der Waals surface area contributed by atoms with Crippen molar-refractivity contribution in [2.45, 2.75) is 52.0 Å². The van der Waals surface area contributed by atoms with Gasteiger partial charge >= 0.3 is 5.97 Å². The first-order valence-corrected chi connectivity index (χ1v) is 9.13. The number of esters is 1. The van der Waals surface area contributed by atoms with Gasteiger partial charge in [0.05, 0.1) is 13.0 Å². The van der Waals surface area contributed by atoms with Gasteiger partial charge in [0.2, 0.25) is 0 Å². The Kier molecular flexibility index (Phi) is 7.10. The van der Waals surface area contributed by atoms with Crippen molar-refractivity contribution in [2.75, 3.05) is 13.2 Å². The Balaban J connectivity index is 2.17. The zero-order valence-corrected chi connectivity index (χ0v) is 15.2. The number of halogens is 1. The summed E-state index contributed by atoms with van der Waals surface area (Å²) in [6, 6.07) is 7.17. The van der Waals surface area contributed by atoms with Crippen LogP contribution in [0.1, 0.15) is 56.3 Å². The van der Waals surface area contributed by atoms with Crippen molar-refractivity contribution >= 4 is 23.5 Å². The van der Waals surface area contributed by atoms with Gasteiger partial charge in [0.15, 0.2) is 0 Å². The number of hydrogen-bond acceptors (Lipinski definition) is 3. The lowest BCUT2D eigenvalue weighted by atomic mass is 9.84. The average molecular weight is 352 g/mol. The first kappa shape index (κ1) is 18.8. The van der Waals surface area contributed by atoms with Gasteiger partial charge in [-0.2, -0.15) is 0 Å². The molecule has 0 aromatic heterocycles. The lowest BCUT2D eigenvalue weighted by Crippen LogP contribution is -2.46. The molecule has 5 heteroatoms. The van der Waals surface area contributed by atoms with Crippen molar-refractivity contribution in [2.24, 2.45) is 5.92 Å². The predicted octanol–water partition coefficient (Wildman–Crippen LogP) is 4.31. The van der Waals surface area contributed by atoms with Crippen LogP contribution in [0.3, 0.4) is 0 Å². The molecule has 132 valence electrons. The van der Waals surface area contributed by atoms with E-state index in [4.69, 9.17) is 16.3 Å². The zero-order chi connectivity index (χ0) is 17.5. The Morgan fingerprint density at radius 3 is 2.71 bits per heavy atom. The maximum atomic E-state index is 13.0. The summed E-state index contributed by atoms with van der Waals surface area (Å²) in [4.78, 5) is 26.6. The second-order valence-corrected chi connectivity index (χ2v) is 6.83. The number of nitrogens with zero attached hydrogens (tertiary/aromatic N) is 1.